The van der Waals surface area contributed by atoms with Crippen LogP contribution in [0, 0.1) is 0 Å². The van der Waals surface area contributed by atoms with Crippen LogP contribution in [0.4, 0.5) is 0 Å². The van der Waals surface area contributed by atoms with E-state index in [0.717, 1.165) is 11.3 Å². The summed E-state index contributed by atoms with van der Waals surface area (Å²) in [5.74, 6) is -0.935. The third kappa shape index (κ3) is 2.42. The lowest BCUT2D eigenvalue weighted by atomic mass is 10.1. The number of nitrogens with zero attached hydrogens (tertiary/aromatic N) is 2. The van der Waals surface area contributed by atoms with Crippen molar-refractivity contribution in [3.05, 3.63) is 59.7 Å². The number of hydrogen-bond acceptors (Lipinski definition) is 3. The average molecular weight is 214 g/mol. The maximum Gasteiger partial charge on any atom is 0.335 e. The van der Waals surface area contributed by atoms with Crippen molar-refractivity contribution in [2.45, 2.75) is 6.42 Å². The number of rotatable bonds is 3. The van der Waals surface area contributed by atoms with Gasteiger partial charge in [0.05, 0.1) is 5.56 Å². The molecule has 2 aromatic heterocycles. The van der Waals surface area contributed by atoms with E-state index in [4.69, 9.17) is 5.11 Å². The Morgan fingerprint density at radius 1 is 1.31 bits per heavy atom. The number of aromatic nitrogens is 2. The normalized spacial score (nSPS) is 10.0. The molecule has 0 atom stereocenters. The monoisotopic (exact) mass is 214 g/mol. The van der Waals surface area contributed by atoms with Crippen molar-refractivity contribution in [3.8, 4) is 0 Å². The van der Waals surface area contributed by atoms with Gasteiger partial charge >= 0.3 is 5.97 Å². The second-order valence-corrected chi connectivity index (χ2v) is 3.38. The molecule has 0 aliphatic heterocycles. The summed E-state index contributed by atoms with van der Waals surface area (Å²) in [5.41, 5.74) is 2.00. The van der Waals surface area contributed by atoms with Gasteiger partial charge in [0.15, 0.2) is 0 Å². The molecule has 4 heteroatoms. The van der Waals surface area contributed by atoms with E-state index >= 15 is 0 Å². The van der Waals surface area contributed by atoms with Gasteiger partial charge in [-0.15, -0.1) is 0 Å². The topological polar surface area (TPSA) is 63.1 Å². The zero-order chi connectivity index (χ0) is 11.4. The number of carboxylic acids is 1. The Hall–Kier alpha value is -2.23. The Morgan fingerprint density at radius 2 is 2.19 bits per heavy atom. The van der Waals surface area contributed by atoms with Crippen LogP contribution >= 0.6 is 0 Å². The van der Waals surface area contributed by atoms with Gasteiger partial charge in [-0.05, 0) is 23.8 Å². The highest BCUT2D eigenvalue weighted by Crippen LogP contribution is 2.07. The minimum atomic E-state index is -0.935. The molecule has 4 nitrogen and oxygen atoms in total. The number of carboxylic acid groups (broad SMARTS) is 1. The average Bonchev–Trinajstić information content (AvgIpc) is 2.30. The molecule has 0 aliphatic carbocycles. The van der Waals surface area contributed by atoms with Crippen molar-refractivity contribution in [2.75, 3.05) is 0 Å². The van der Waals surface area contributed by atoms with E-state index in [9.17, 15) is 4.79 Å². The zero-order valence-electron chi connectivity index (χ0n) is 8.50. The zero-order valence-corrected chi connectivity index (χ0v) is 8.50. The maximum absolute atomic E-state index is 10.8. The second-order valence-electron chi connectivity index (χ2n) is 3.38. The Kier molecular flexibility index (Phi) is 2.91. The molecule has 2 aromatic rings. The number of carbonyl (C=O) groups is 1. The maximum atomic E-state index is 10.8. The fourth-order valence-corrected chi connectivity index (χ4v) is 1.42. The van der Waals surface area contributed by atoms with Crippen molar-refractivity contribution in [3.63, 3.8) is 0 Å². The molecule has 80 valence electrons. The van der Waals surface area contributed by atoms with E-state index in [1.54, 1.807) is 18.5 Å². The minimum absolute atomic E-state index is 0.258. The first-order valence-corrected chi connectivity index (χ1v) is 4.83. The smallest absolute Gasteiger partial charge is 0.335 e. The molecule has 0 fully saturated rings. The molecular formula is C12H10N2O2. The van der Waals surface area contributed by atoms with E-state index in [-0.39, 0.29) is 5.56 Å². The predicted octanol–water partition coefficient (Wildman–Crippen LogP) is 1.77. The van der Waals surface area contributed by atoms with Crippen LogP contribution in [0.3, 0.4) is 0 Å². The van der Waals surface area contributed by atoms with Gasteiger partial charge in [0, 0.05) is 30.7 Å². The Bertz CT molecular complexity index is 497. The summed E-state index contributed by atoms with van der Waals surface area (Å²) in [6.45, 7) is 0. The summed E-state index contributed by atoms with van der Waals surface area (Å²) in [4.78, 5) is 18.9. The van der Waals surface area contributed by atoms with Crippen LogP contribution in [-0.2, 0) is 6.42 Å². The Morgan fingerprint density at radius 3 is 2.88 bits per heavy atom. The van der Waals surface area contributed by atoms with Gasteiger partial charge in [-0.3, -0.25) is 9.97 Å². The predicted molar refractivity (Wildman–Crippen MR) is 58.2 cm³/mol. The van der Waals surface area contributed by atoms with Crippen LogP contribution in [0.5, 0.6) is 0 Å². The summed E-state index contributed by atoms with van der Waals surface area (Å²) in [6, 6.07) is 6.84. The summed E-state index contributed by atoms with van der Waals surface area (Å²) >= 11 is 0. The lowest BCUT2D eigenvalue weighted by Crippen LogP contribution is -2.00. The van der Waals surface area contributed by atoms with E-state index in [1.165, 1.54) is 12.3 Å². The second kappa shape index (κ2) is 4.53. The molecule has 0 saturated carbocycles. The molecule has 0 amide bonds. The van der Waals surface area contributed by atoms with Gasteiger partial charge in [0.1, 0.15) is 0 Å². The molecule has 1 N–H and O–H groups in total. The Balaban J connectivity index is 2.22. The first-order chi connectivity index (χ1) is 7.75. The lowest BCUT2D eigenvalue weighted by Gasteiger charge is -2.01. The fourth-order valence-electron chi connectivity index (χ4n) is 1.42. The van der Waals surface area contributed by atoms with Gasteiger partial charge in [0.25, 0.3) is 0 Å². The molecular weight excluding hydrogens is 204 g/mol. The molecule has 2 heterocycles. The highest BCUT2D eigenvalue weighted by atomic mass is 16.4. The van der Waals surface area contributed by atoms with E-state index in [0.29, 0.717) is 6.42 Å². The third-order valence-electron chi connectivity index (χ3n) is 2.17. The molecule has 0 aromatic carbocycles. The molecule has 0 radical (unpaired) electrons. The van der Waals surface area contributed by atoms with Crippen molar-refractivity contribution in [2.24, 2.45) is 0 Å². The molecule has 2 rings (SSSR count). The Labute approximate surface area is 92.6 Å². The standard InChI is InChI=1S/C12H10N2O2/c15-12(16)10-3-5-14-11(7-10)6-9-2-1-4-13-8-9/h1-5,7-8H,6H2,(H,15,16). The largest absolute Gasteiger partial charge is 0.478 e. The highest BCUT2D eigenvalue weighted by molar-refractivity contribution is 5.87. The van der Waals surface area contributed by atoms with Crippen LogP contribution < -0.4 is 0 Å². The first-order valence-electron chi connectivity index (χ1n) is 4.83. The molecule has 0 saturated heterocycles. The summed E-state index contributed by atoms with van der Waals surface area (Å²) < 4.78 is 0. The SMILES string of the molecule is O=C(O)c1ccnc(Cc2cccnc2)c1. The molecule has 0 aliphatic rings. The number of aromatic carboxylic acids is 1. The summed E-state index contributed by atoms with van der Waals surface area (Å²) in [5, 5.41) is 8.84. The molecule has 16 heavy (non-hydrogen) atoms. The van der Waals surface area contributed by atoms with Gasteiger partial charge < -0.3 is 5.11 Å². The molecule has 0 unspecified atom stereocenters. The van der Waals surface area contributed by atoms with E-state index in [1.807, 2.05) is 12.1 Å². The molecule has 0 bridgehead atoms. The molecule has 0 spiro atoms. The van der Waals surface area contributed by atoms with Crippen LogP contribution in [0.15, 0.2) is 42.9 Å². The van der Waals surface area contributed by atoms with Gasteiger partial charge in [-0.2, -0.15) is 0 Å². The van der Waals surface area contributed by atoms with Crippen LogP contribution in [0.1, 0.15) is 21.6 Å². The van der Waals surface area contributed by atoms with E-state index in [2.05, 4.69) is 9.97 Å². The third-order valence-corrected chi connectivity index (χ3v) is 2.17. The van der Waals surface area contributed by atoms with Crippen LogP contribution in [0.25, 0.3) is 0 Å². The van der Waals surface area contributed by atoms with E-state index < -0.39 is 5.97 Å². The fraction of sp³-hybridized carbons (Fsp3) is 0.0833. The van der Waals surface area contributed by atoms with Crippen LogP contribution in [-0.4, -0.2) is 21.0 Å². The number of hydrogen-bond donors (Lipinski definition) is 1. The van der Waals surface area contributed by atoms with Gasteiger partial charge in [-0.1, -0.05) is 6.07 Å². The summed E-state index contributed by atoms with van der Waals surface area (Å²) in [7, 11) is 0. The summed E-state index contributed by atoms with van der Waals surface area (Å²) in [6.07, 6.45) is 5.55. The van der Waals surface area contributed by atoms with Gasteiger partial charge in [-0.25, -0.2) is 4.79 Å². The minimum Gasteiger partial charge on any atom is -0.478 e. The lowest BCUT2D eigenvalue weighted by molar-refractivity contribution is 0.0696. The highest BCUT2D eigenvalue weighted by Gasteiger charge is 2.04. The van der Waals surface area contributed by atoms with Crippen LogP contribution in [0.2, 0.25) is 0 Å². The van der Waals surface area contributed by atoms with Crippen molar-refractivity contribution >= 4 is 5.97 Å². The van der Waals surface area contributed by atoms with Crippen molar-refractivity contribution < 1.29 is 9.90 Å². The van der Waals surface area contributed by atoms with Gasteiger partial charge in [0.2, 0.25) is 0 Å². The van der Waals surface area contributed by atoms with Crippen molar-refractivity contribution in [1.29, 1.82) is 0 Å². The first kappa shape index (κ1) is 10.3. The quantitative estimate of drug-likeness (QED) is 0.845. The number of pyridine rings is 2. The van der Waals surface area contributed by atoms with Crippen molar-refractivity contribution in [1.82, 2.24) is 9.97 Å².